The molecule has 2 N–H and O–H groups in total. The molecule has 1 aliphatic rings. The number of carbonyl (C=O) groups is 1. The number of hydrogen-bond acceptors (Lipinski definition) is 8. The van der Waals surface area contributed by atoms with Gasteiger partial charge in [-0.15, -0.1) is 11.3 Å². The third kappa shape index (κ3) is 4.76. The van der Waals surface area contributed by atoms with E-state index >= 15 is 0 Å². The lowest BCUT2D eigenvalue weighted by Crippen LogP contribution is -2.23. The molecule has 5 rings (SSSR count). The van der Waals surface area contributed by atoms with E-state index in [1.807, 2.05) is 38.4 Å². The highest BCUT2D eigenvalue weighted by Gasteiger charge is 2.18. The van der Waals surface area contributed by atoms with Crippen LogP contribution >= 0.6 is 11.3 Å². The van der Waals surface area contributed by atoms with Crippen LogP contribution < -0.4 is 10.6 Å². The van der Waals surface area contributed by atoms with Gasteiger partial charge < -0.3 is 15.4 Å². The van der Waals surface area contributed by atoms with E-state index in [-0.39, 0.29) is 5.91 Å². The first kappa shape index (κ1) is 21.2. The summed E-state index contributed by atoms with van der Waals surface area (Å²) in [6.45, 7) is 3.65. The summed E-state index contributed by atoms with van der Waals surface area (Å²) in [6, 6.07) is 5.80. The van der Waals surface area contributed by atoms with E-state index in [1.54, 1.807) is 34.6 Å². The molecule has 33 heavy (non-hydrogen) atoms. The highest BCUT2D eigenvalue weighted by Crippen LogP contribution is 2.27. The first-order chi connectivity index (χ1) is 16.0. The molecule has 0 radical (unpaired) electrons. The van der Waals surface area contributed by atoms with Crippen molar-refractivity contribution in [2.24, 2.45) is 7.05 Å². The molecular formula is C23H23N7O2S. The molecule has 1 amide bonds. The molecule has 1 aliphatic heterocycles. The van der Waals surface area contributed by atoms with Gasteiger partial charge in [-0.1, -0.05) is 0 Å². The van der Waals surface area contributed by atoms with Crippen LogP contribution in [-0.2, 0) is 31.4 Å². The topological polar surface area (TPSA) is 107 Å². The number of rotatable bonds is 6. The minimum absolute atomic E-state index is 0.0819. The molecule has 168 valence electrons. The third-order valence-electron chi connectivity index (χ3n) is 5.37. The summed E-state index contributed by atoms with van der Waals surface area (Å²) in [6.07, 6.45) is 7.91. The Bertz CT molecular complexity index is 1290. The molecular weight excluding hydrogens is 438 g/mol. The summed E-state index contributed by atoms with van der Waals surface area (Å²) in [5, 5.41) is 10.3. The molecule has 4 aromatic heterocycles. The summed E-state index contributed by atoms with van der Waals surface area (Å²) in [5.41, 5.74) is 5.37. The Morgan fingerprint density at radius 3 is 2.97 bits per heavy atom. The summed E-state index contributed by atoms with van der Waals surface area (Å²) in [7, 11) is 1.85. The van der Waals surface area contributed by atoms with Gasteiger partial charge in [-0.2, -0.15) is 5.10 Å². The standard InChI is InChI=1S/C23H23N7O2S/c1-14-7-15(18-3-5-24-23(29-18)28-17-10-27-30(2)12-17)9-25-19(14)11-26-22(31)21-8-16-13-32-6-4-20(16)33-21/h3,5,7-10,12H,4,6,11,13H2,1-2H3,(H,26,31)(H,24,28,29). The number of aryl methyl sites for hydroxylation is 2. The van der Waals surface area contributed by atoms with Gasteiger partial charge in [0, 0.05) is 42.5 Å². The van der Waals surface area contributed by atoms with E-state index in [4.69, 9.17) is 4.74 Å². The molecule has 0 unspecified atom stereocenters. The maximum Gasteiger partial charge on any atom is 0.261 e. The lowest BCUT2D eigenvalue weighted by molar-refractivity contribution is 0.0954. The number of pyridine rings is 1. The Labute approximate surface area is 194 Å². The van der Waals surface area contributed by atoms with E-state index in [0.717, 1.165) is 51.7 Å². The number of amides is 1. The van der Waals surface area contributed by atoms with E-state index < -0.39 is 0 Å². The number of hydrogen-bond donors (Lipinski definition) is 2. The predicted octanol–water partition coefficient (Wildman–Crippen LogP) is 3.39. The van der Waals surface area contributed by atoms with Crippen molar-refractivity contribution in [3.05, 3.63) is 69.6 Å². The van der Waals surface area contributed by atoms with Crippen molar-refractivity contribution < 1.29 is 9.53 Å². The SMILES string of the molecule is Cc1cc(-c2ccnc(Nc3cnn(C)c3)n2)cnc1CNC(=O)c1cc2c(s1)CCOC2. The zero-order chi connectivity index (χ0) is 22.8. The van der Waals surface area contributed by atoms with Crippen molar-refractivity contribution in [3.63, 3.8) is 0 Å². The van der Waals surface area contributed by atoms with Crippen LogP contribution in [0.15, 0.2) is 43.0 Å². The monoisotopic (exact) mass is 461 g/mol. The minimum Gasteiger partial charge on any atom is -0.376 e. The first-order valence-corrected chi connectivity index (χ1v) is 11.4. The molecule has 0 aromatic carbocycles. The Balaban J connectivity index is 1.26. The van der Waals surface area contributed by atoms with Crippen LogP contribution in [0.5, 0.6) is 0 Å². The predicted molar refractivity (Wildman–Crippen MR) is 125 cm³/mol. The second-order valence-electron chi connectivity index (χ2n) is 7.83. The van der Waals surface area contributed by atoms with Crippen LogP contribution in [0.2, 0.25) is 0 Å². The fraction of sp³-hybridized carbons (Fsp3) is 0.261. The zero-order valence-corrected chi connectivity index (χ0v) is 19.1. The van der Waals surface area contributed by atoms with Gasteiger partial charge in [-0.3, -0.25) is 14.5 Å². The van der Waals surface area contributed by atoms with E-state index in [0.29, 0.717) is 19.1 Å². The number of thiophene rings is 1. The summed E-state index contributed by atoms with van der Waals surface area (Å²) < 4.78 is 7.17. The number of aromatic nitrogens is 5. The van der Waals surface area contributed by atoms with Crippen LogP contribution in [0.1, 0.15) is 31.4 Å². The zero-order valence-electron chi connectivity index (χ0n) is 18.3. The van der Waals surface area contributed by atoms with Crippen LogP contribution in [0, 0.1) is 6.92 Å². The fourth-order valence-corrected chi connectivity index (χ4v) is 4.70. The van der Waals surface area contributed by atoms with Gasteiger partial charge in [0.15, 0.2) is 0 Å². The van der Waals surface area contributed by atoms with Gasteiger partial charge in [0.1, 0.15) is 0 Å². The van der Waals surface area contributed by atoms with Gasteiger partial charge in [-0.25, -0.2) is 9.97 Å². The molecule has 0 spiro atoms. The van der Waals surface area contributed by atoms with Crippen LogP contribution in [0.3, 0.4) is 0 Å². The van der Waals surface area contributed by atoms with Crippen molar-refractivity contribution >= 4 is 28.9 Å². The number of fused-ring (bicyclic) bond motifs is 1. The lowest BCUT2D eigenvalue weighted by atomic mass is 10.1. The number of nitrogens with zero attached hydrogens (tertiary/aromatic N) is 5. The van der Waals surface area contributed by atoms with Crippen molar-refractivity contribution in [1.29, 1.82) is 0 Å². The normalized spacial score (nSPS) is 12.9. The van der Waals surface area contributed by atoms with E-state index in [1.165, 1.54) is 4.88 Å². The van der Waals surface area contributed by atoms with Crippen molar-refractivity contribution in [2.75, 3.05) is 11.9 Å². The molecule has 0 atom stereocenters. The smallest absolute Gasteiger partial charge is 0.261 e. The lowest BCUT2D eigenvalue weighted by Gasteiger charge is -2.10. The van der Waals surface area contributed by atoms with Crippen molar-refractivity contribution in [2.45, 2.75) is 26.5 Å². The summed E-state index contributed by atoms with van der Waals surface area (Å²) in [5.74, 6) is 0.403. The average Bonchev–Trinajstić information content (AvgIpc) is 3.44. The maximum absolute atomic E-state index is 12.6. The van der Waals surface area contributed by atoms with Gasteiger partial charge in [0.2, 0.25) is 5.95 Å². The second kappa shape index (κ2) is 9.08. The average molecular weight is 462 g/mol. The number of anilines is 2. The molecule has 0 bridgehead atoms. The van der Waals surface area contributed by atoms with Crippen molar-refractivity contribution in [3.8, 4) is 11.3 Å². The second-order valence-corrected chi connectivity index (χ2v) is 8.96. The van der Waals surface area contributed by atoms with Crippen LogP contribution in [-0.4, -0.2) is 37.2 Å². The molecule has 0 fully saturated rings. The highest BCUT2D eigenvalue weighted by atomic mass is 32.1. The maximum atomic E-state index is 12.6. The minimum atomic E-state index is -0.0819. The van der Waals surface area contributed by atoms with Crippen LogP contribution in [0.4, 0.5) is 11.6 Å². The van der Waals surface area contributed by atoms with Gasteiger partial charge >= 0.3 is 0 Å². The molecule has 4 aromatic rings. The highest BCUT2D eigenvalue weighted by molar-refractivity contribution is 7.14. The molecule has 0 aliphatic carbocycles. The molecule has 10 heteroatoms. The number of nitrogens with one attached hydrogen (secondary N) is 2. The number of carbonyl (C=O) groups excluding carboxylic acids is 1. The number of ether oxygens (including phenoxy) is 1. The molecule has 5 heterocycles. The van der Waals surface area contributed by atoms with Crippen molar-refractivity contribution in [1.82, 2.24) is 30.0 Å². The van der Waals surface area contributed by atoms with Crippen LogP contribution in [0.25, 0.3) is 11.3 Å². The first-order valence-electron chi connectivity index (χ1n) is 10.6. The summed E-state index contributed by atoms with van der Waals surface area (Å²) >= 11 is 1.55. The largest absolute Gasteiger partial charge is 0.376 e. The van der Waals surface area contributed by atoms with E-state index in [2.05, 4.69) is 30.7 Å². The Morgan fingerprint density at radius 2 is 2.18 bits per heavy atom. The Morgan fingerprint density at radius 1 is 1.27 bits per heavy atom. The van der Waals surface area contributed by atoms with Gasteiger partial charge in [0.25, 0.3) is 5.91 Å². The molecule has 0 saturated carbocycles. The Kier molecular flexibility index (Phi) is 5.84. The summed E-state index contributed by atoms with van der Waals surface area (Å²) in [4.78, 5) is 28.0. The quantitative estimate of drug-likeness (QED) is 0.453. The molecule has 0 saturated heterocycles. The van der Waals surface area contributed by atoms with E-state index in [9.17, 15) is 4.79 Å². The van der Waals surface area contributed by atoms with Gasteiger partial charge in [-0.05, 0) is 36.2 Å². The fourth-order valence-electron chi connectivity index (χ4n) is 3.63. The molecule has 9 nitrogen and oxygen atoms in total. The Hall–Kier alpha value is -3.63. The van der Waals surface area contributed by atoms with Gasteiger partial charge in [0.05, 0.1) is 47.9 Å². The third-order valence-corrected chi connectivity index (χ3v) is 6.60.